The second-order valence-electron chi connectivity index (χ2n) is 7.25. The van der Waals surface area contributed by atoms with Crippen LogP contribution in [0, 0.1) is 11.6 Å². The van der Waals surface area contributed by atoms with Gasteiger partial charge in [0, 0.05) is 13.0 Å². The van der Waals surface area contributed by atoms with Gasteiger partial charge in [-0.3, -0.25) is 9.69 Å². The van der Waals surface area contributed by atoms with Crippen LogP contribution in [0.25, 0.3) is 10.2 Å². The average Bonchev–Trinajstić information content (AvgIpc) is 3.41. The lowest BCUT2D eigenvalue weighted by Crippen LogP contribution is -2.38. The molecule has 3 aromatic rings. The summed E-state index contributed by atoms with van der Waals surface area (Å²) in [6, 6.07) is 9.06. The molecule has 0 bridgehead atoms. The summed E-state index contributed by atoms with van der Waals surface area (Å²) >= 11 is 1.17. The molecule has 1 saturated heterocycles. The van der Waals surface area contributed by atoms with E-state index in [-0.39, 0.29) is 29.5 Å². The number of sulfone groups is 1. The van der Waals surface area contributed by atoms with Gasteiger partial charge in [0.25, 0.3) is 0 Å². The summed E-state index contributed by atoms with van der Waals surface area (Å²) in [7, 11) is -3.77. The Bertz CT molecular complexity index is 1190. The van der Waals surface area contributed by atoms with E-state index >= 15 is 0 Å². The molecule has 164 valence electrons. The molecule has 1 unspecified atom stereocenters. The lowest BCUT2D eigenvalue weighted by atomic mass is 10.2. The highest BCUT2D eigenvalue weighted by atomic mass is 32.2. The first-order chi connectivity index (χ1) is 14.8. The summed E-state index contributed by atoms with van der Waals surface area (Å²) in [5.41, 5.74) is 0.173. The SMILES string of the molecule is O=C(CCS(=O)(=O)c1ccc(F)cc1)N(CC1CCCO1)c1nc2c(F)cccc2s1. The van der Waals surface area contributed by atoms with Crippen LogP contribution >= 0.6 is 11.3 Å². The molecule has 10 heteroatoms. The number of amides is 1. The summed E-state index contributed by atoms with van der Waals surface area (Å²) in [4.78, 5) is 18.7. The van der Waals surface area contributed by atoms with Crippen LogP contribution in [0.5, 0.6) is 0 Å². The van der Waals surface area contributed by atoms with Crippen LogP contribution in [-0.4, -0.2) is 44.3 Å². The molecule has 2 aromatic carbocycles. The third kappa shape index (κ3) is 4.91. The van der Waals surface area contributed by atoms with Crippen molar-refractivity contribution in [3.63, 3.8) is 0 Å². The first-order valence-electron chi connectivity index (χ1n) is 9.79. The minimum atomic E-state index is -3.77. The summed E-state index contributed by atoms with van der Waals surface area (Å²) in [6.45, 7) is 0.816. The van der Waals surface area contributed by atoms with Crippen LogP contribution in [0.3, 0.4) is 0 Å². The average molecular weight is 467 g/mol. The van der Waals surface area contributed by atoms with Gasteiger partial charge in [-0.05, 0) is 49.2 Å². The Kier molecular flexibility index (Phi) is 6.31. The summed E-state index contributed by atoms with van der Waals surface area (Å²) in [5.74, 6) is -1.90. The van der Waals surface area contributed by atoms with E-state index in [1.807, 2.05) is 0 Å². The highest BCUT2D eigenvalue weighted by molar-refractivity contribution is 7.91. The summed E-state index contributed by atoms with van der Waals surface area (Å²) < 4.78 is 58.5. The Morgan fingerprint density at radius 1 is 1.19 bits per heavy atom. The van der Waals surface area contributed by atoms with Crippen molar-refractivity contribution in [3.8, 4) is 0 Å². The first kappa shape index (κ1) is 21.8. The Hall–Kier alpha value is -2.43. The number of carbonyl (C=O) groups excluding carboxylic acids is 1. The number of ether oxygens (including phenoxy) is 1. The molecule has 1 amide bonds. The topological polar surface area (TPSA) is 76.6 Å². The van der Waals surface area contributed by atoms with E-state index in [4.69, 9.17) is 4.74 Å². The molecule has 6 nitrogen and oxygen atoms in total. The molecule has 31 heavy (non-hydrogen) atoms. The molecule has 4 rings (SSSR count). The van der Waals surface area contributed by atoms with Crippen molar-refractivity contribution in [1.82, 2.24) is 4.98 Å². The van der Waals surface area contributed by atoms with E-state index in [0.29, 0.717) is 16.4 Å². The number of aromatic nitrogens is 1. The van der Waals surface area contributed by atoms with Crippen molar-refractivity contribution in [3.05, 3.63) is 54.1 Å². The zero-order valence-corrected chi connectivity index (χ0v) is 18.1. The van der Waals surface area contributed by atoms with Gasteiger partial charge in [0.2, 0.25) is 5.91 Å². The number of halogens is 2. The minimum absolute atomic E-state index is 0.0468. The van der Waals surface area contributed by atoms with Crippen molar-refractivity contribution in [2.24, 2.45) is 0 Å². The highest BCUT2D eigenvalue weighted by Gasteiger charge is 2.28. The molecule has 1 aliphatic heterocycles. The number of hydrogen-bond donors (Lipinski definition) is 0. The fourth-order valence-electron chi connectivity index (χ4n) is 3.41. The molecule has 0 N–H and O–H groups in total. The normalized spacial score (nSPS) is 16.6. The number of carbonyl (C=O) groups is 1. The third-order valence-electron chi connectivity index (χ3n) is 5.06. The van der Waals surface area contributed by atoms with E-state index in [9.17, 15) is 22.0 Å². The van der Waals surface area contributed by atoms with E-state index in [2.05, 4.69) is 4.98 Å². The molecule has 0 radical (unpaired) electrons. The zero-order valence-electron chi connectivity index (χ0n) is 16.5. The van der Waals surface area contributed by atoms with Crippen molar-refractivity contribution >= 4 is 42.4 Å². The van der Waals surface area contributed by atoms with E-state index in [1.54, 1.807) is 12.1 Å². The number of nitrogens with zero attached hydrogens (tertiary/aromatic N) is 2. The predicted molar refractivity (Wildman–Crippen MR) is 114 cm³/mol. The van der Waals surface area contributed by atoms with E-state index in [0.717, 1.165) is 25.0 Å². The number of thiazole rings is 1. The first-order valence-corrected chi connectivity index (χ1v) is 12.3. The molecular weight excluding hydrogens is 446 g/mol. The van der Waals surface area contributed by atoms with Gasteiger partial charge in [0.15, 0.2) is 15.0 Å². The zero-order chi connectivity index (χ0) is 22.0. The second-order valence-corrected chi connectivity index (χ2v) is 10.4. The Labute approximate surface area is 182 Å². The number of para-hydroxylation sites is 1. The van der Waals surface area contributed by atoms with E-state index < -0.39 is 33.1 Å². The molecule has 0 spiro atoms. The molecule has 0 aliphatic carbocycles. The number of anilines is 1. The minimum Gasteiger partial charge on any atom is -0.376 e. The lowest BCUT2D eigenvalue weighted by Gasteiger charge is -2.23. The molecule has 2 heterocycles. The monoisotopic (exact) mass is 466 g/mol. The number of fused-ring (bicyclic) bond motifs is 1. The van der Waals surface area contributed by atoms with Crippen LogP contribution in [-0.2, 0) is 19.4 Å². The van der Waals surface area contributed by atoms with Gasteiger partial charge >= 0.3 is 0 Å². The van der Waals surface area contributed by atoms with Crippen molar-refractivity contribution in [2.45, 2.75) is 30.3 Å². The largest absolute Gasteiger partial charge is 0.376 e. The number of rotatable bonds is 7. The van der Waals surface area contributed by atoms with E-state index in [1.165, 1.54) is 34.4 Å². The Balaban J connectivity index is 1.56. The number of benzene rings is 2. The van der Waals surface area contributed by atoms with Gasteiger partial charge in [-0.25, -0.2) is 22.2 Å². The number of hydrogen-bond acceptors (Lipinski definition) is 6. The highest BCUT2D eigenvalue weighted by Crippen LogP contribution is 2.31. The quantitative estimate of drug-likeness (QED) is 0.493. The van der Waals surface area contributed by atoms with Gasteiger partial charge in [-0.1, -0.05) is 17.4 Å². The standard InChI is InChI=1S/C21H20F2N2O4S2/c22-14-6-8-16(9-7-14)31(27,28)12-10-19(26)25(13-15-3-2-11-29-15)21-24-20-17(23)4-1-5-18(20)30-21/h1,4-9,15H,2-3,10-13H2. The molecule has 1 aromatic heterocycles. The summed E-state index contributed by atoms with van der Waals surface area (Å²) in [6.07, 6.45) is 1.18. The lowest BCUT2D eigenvalue weighted by molar-refractivity contribution is -0.118. The van der Waals surface area contributed by atoms with Crippen LogP contribution in [0.2, 0.25) is 0 Å². The third-order valence-corrected chi connectivity index (χ3v) is 7.83. The van der Waals surface area contributed by atoms with Crippen molar-refractivity contribution in [1.29, 1.82) is 0 Å². The van der Waals surface area contributed by atoms with Gasteiger partial charge < -0.3 is 4.74 Å². The molecule has 1 fully saturated rings. The second kappa shape index (κ2) is 8.97. The Morgan fingerprint density at radius 2 is 1.97 bits per heavy atom. The van der Waals surface area contributed by atoms with Crippen molar-refractivity contribution in [2.75, 3.05) is 23.8 Å². The van der Waals surface area contributed by atoms with Crippen LogP contribution in [0.1, 0.15) is 19.3 Å². The molecule has 1 aliphatic rings. The van der Waals surface area contributed by atoms with Gasteiger partial charge in [0.05, 0.1) is 28.0 Å². The maximum atomic E-state index is 14.1. The molecule has 0 saturated carbocycles. The van der Waals surface area contributed by atoms with Gasteiger partial charge in [-0.2, -0.15) is 0 Å². The smallest absolute Gasteiger partial charge is 0.229 e. The molecule has 1 atom stereocenters. The predicted octanol–water partition coefficient (Wildman–Crippen LogP) is 3.95. The van der Waals surface area contributed by atoms with Crippen LogP contribution < -0.4 is 4.90 Å². The fourth-order valence-corrected chi connectivity index (χ4v) is 5.65. The van der Waals surface area contributed by atoms with Crippen molar-refractivity contribution < 1.29 is 26.7 Å². The maximum Gasteiger partial charge on any atom is 0.229 e. The maximum absolute atomic E-state index is 14.1. The molecular formula is C21H20F2N2O4S2. The van der Waals surface area contributed by atoms with Crippen LogP contribution in [0.4, 0.5) is 13.9 Å². The summed E-state index contributed by atoms with van der Waals surface area (Å²) in [5, 5.41) is 0.305. The fraction of sp³-hybridized carbons (Fsp3) is 0.333. The Morgan fingerprint density at radius 3 is 2.65 bits per heavy atom. The van der Waals surface area contributed by atoms with Gasteiger partial charge in [0.1, 0.15) is 17.2 Å². The van der Waals surface area contributed by atoms with Gasteiger partial charge in [-0.15, -0.1) is 0 Å². The van der Waals surface area contributed by atoms with Crippen LogP contribution in [0.15, 0.2) is 47.4 Å².